The molecule has 2 aliphatic rings. The van der Waals surface area contributed by atoms with Crippen LogP contribution in [0.2, 0.25) is 0 Å². The van der Waals surface area contributed by atoms with Gasteiger partial charge in [0, 0.05) is 26.1 Å². The van der Waals surface area contributed by atoms with Crippen molar-refractivity contribution < 1.29 is 0 Å². The number of aromatic amines is 1. The fourth-order valence-corrected chi connectivity index (χ4v) is 3.25. The van der Waals surface area contributed by atoms with E-state index in [2.05, 4.69) is 25.0 Å². The molecule has 112 valence electrons. The first-order valence-corrected chi connectivity index (χ1v) is 7.94. The predicted molar refractivity (Wildman–Crippen MR) is 79.8 cm³/mol. The molecule has 1 aromatic heterocycles. The summed E-state index contributed by atoms with van der Waals surface area (Å²) in [6, 6.07) is 0. The predicted octanol–water partition coefficient (Wildman–Crippen LogP) is 0.618. The Hall–Kier alpha value is -1.14. The number of nitrogens with two attached hydrogens (primary N) is 1. The van der Waals surface area contributed by atoms with Crippen LogP contribution in [0.25, 0.3) is 0 Å². The molecule has 0 aromatic carbocycles. The summed E-state index contributed by atoms with van der Waals surface area (Å²) in [6.45, 7) is 6.40. The monoisotopic (exact) mass is 278 g/mol. The minimum atomic E-state index is 0.593. The standard InChI is InChI=1S/C14H26N6/c15-10-12-4-3-8-20(11-12)14-16-13(17-18-14)5-9-19-6-1-2-7-19/h12H,1-11,15H2,(H,16,17,18). The van der Waals surface area contributed by atoms with Gasteiger partial charge in [0.15, 0.2) is 0 Å². The van der Waals surface area contributed by atoms with Gasteiger partial charge in [0.25, 0.3) is 0 Å². The lowest BCUT2D eigenvalue weighted by Crippen LogP contribution is -2.39. The van der Waals surface area contributed by atoms with Gasteiger partial charge in [-0.2, -0.15) is 4.98 Å². The number of nitrogens with one attached hydrogen (secondary N) is 1. The van der Waals surface area contributed by atoms with Gasteiger partial charge in [-0.3, -0.25) is 5.10 Å². The third-order valence-electron chi connectivity index (χ3n) is 4.52. The SMILES string of the molecule is NCC1CCCN(c2n[nH]c(CCN3CCCC3)n2)C1. The van der Waals surface area contributed by atoms with E-state index in [1.54, 1.807) is 0 Å². The molecule has 0 amide bonds. The number of piperidine rings is 1. The van der Waals surface area contributed by atoms with Crippen LogP contribution in [0.15, 0.2) is 0 Å². The quantitative estimate of drug-likeness (QED) is 0.826. The molecule has 3 N–H and O–H groups in total. The highest BCUT2D eigenvalue weighted by Gasteiger charge is 2.21. The summed E-state index contributed by atoms with van der Waals surface area (Å²) in [5.74, 6) is 2.47. The summed E-state index contributed by atoms with van der Waals surface area (Å²) in [5, 5.41) is 7.48. The first-order chi connectivity index (χ1) is 9.85. The van der Waals surface area contributed by atoms with Crippen molar-refractivity contribution in [1.29, 1.82) is 0 Å². The van der Waals surface area contributed by atoms with Crippen LogP contribution in [0.3, 0.4) is 0 Å². The van der Waals surface area contributed by atoms with Crippen molar-refractivity contribution in [2.45, 2.75) is 32.1 Å². The van der Waals surface area contributed by atoms with Crippen LogP contribution < -0.4 is 10.6 Å². The number of hydrogen-bond donors (Lipinski definition) is 2. The average molecular weight is 278 g/mol. The van der Waals surface area contributed by atoms with Gasteiger partial charge in [0.2, 0.25) is 5.95 Å². The Balaban J connectivity index is 1.53. The first-order valence-electron chi connectivity index (χ1n) is 7.94. The maximum absolute atomic E-state index is 5.79. The van der Waals surface area contributed by atoms with Crippen LogP contribution >= 0.6 is 0 Å². The number of nitrogens with zero attached hydrogens (tertiary/aromatic N) is 4. The number of aromatic nitrogens is 3. The van der Waals surface area contributed by atoms with Crippen LogP contribution in [0.1, 0.15) is 31.5 Å². The van der Waals surface area contributed by atoms with E-state index in [1.165, 1.54) is 38.8 Å². The smallest absolute Gasteiger partial charge is 0.244 e. The highest BCUT2D eigenvalue weighted by atomic mass is 15.4. The molecule has 0 bridgehead atoms. The van der Waals surface area contributed by atoms with Crippen molar-refractivity contribution in [2.24, 2.45) is 11.7 Å². The average Bonchev–Trinajstić information content (AvgIpc) is 3.16. The van der Waals surface area contributed by atoms with Crippen molar-refractivity contribution >= 4 is 5.95 Å². The molecule has 3 heterocycles. The zero-order valence-electron chi connectivity index (χ0n) is 12.2. The maximum Gasteiger partial charge on any atom is 0.244 e. The Labute approximate surface area is 120 Å². The van der Waals surface area contributed by atoms with Gasteiger partial charge in [-0.05, 0) is 51.2 Å². The second-order valence-electron chi connectivity index (χ2n) is 6.07. The third-order valence-corrected chi connectivity index (χ3v) is 4.52. The first kappa shape index (κ1) is 13.8. The fourth-order valence-electron chi connectivity index (χ4n) is 3.25. The van der Waals surface area contributed by atoms with Crippen LogP contribution in [0, 0.1) is 5.92 Å². The van der Waals surface area contributed by atoms with Gasteiger partial charge >= 0.3 is 0 Å². The number of anilines is 1. The molecule has 0 saturated carbocycles. The van der Waals surface area contributed by atoms with E-state index in [1.807, 2.05) is 0 Å². The van der Waals surface area contributed by atoms with Gasteiger partial charge < -0.3 is 15.5 Å². The molecule has 6 heteroatoms. The van der Waals surface area contributed by atoms with Crippen molar-refractivity contribution in [1.82, 2.24) is 20.1 Å². The molecule has 3 rings (SSSR count). The summed E-state index contributed by atoms with van der Waals surface area (Å²) < 4.78 is 0. The lowest BCUT2D eigenvalue weighted by Gasteiger charge is -2.31. The Bertz CT molecular complexity index is 412. The molecule has 1 atom stereocenters. The van der Waals surface area contributed by atoms with Gasteiger partial charge in [0.05, 0.1) is 0 Å². The van der Waals surface area contributed by atoms with E-state index in [0.29, 0.717) is 5.92 Å². The van der Waals surface area contributed by atoms with Crippen LogP contribution in [-0.2, 0) is 6.42 Å². The Kier molecular flexibility index (Phi) is 4.52. The van der Waals surface area contributed by atoms with Gasteiger partial charge in [-0.1, -0.05) is 0 Å². The van der Waals surface area contributed by atoms with Gasteiger partial charge in [-0.15, -0.1) is 5.10 Å². The molecule has 0 spiro atoms. The molecular weight excluding hydrogens is 252 g/mol. The van der Waals surface area contributed by atoms with E-state index in [0.717, 1.165) is 44.4 Å². The highest BCUT2D eigenvalue weighted by Crippen LogP contribution is 2.19. The summed E-state index contributed by atoms with van der Waals surface area (Å²) in [7, 11) is 0. The Morgan fingerprint density at radius 3 is 2.85 bits per heavy atom. The minimum absolute atomic E-state index is 0.593. The topological polar surface area (TPSA) is 74.1 Å². The van der Waals surface area contributed by atoms with Crippen molar-refractivity contribution in [3.8, 4) is 0 Å². The van der Waals surface area contributed by atoms with E-state index in [-0.39, 0.29) is 0 Å². The lowest BCUT2D eigenvalue weighted by molar-refractivity contribution is 0.341. The molecule has 1 aromatic rings. The Morgan fingerprint density at radius 1 is 1.20 bits per heavy atom. The molecule has 2 saturated heterocycles. The van der Waals surface area contributed by atoms with Gasteiger partial charge in [-0.25, -0.2) is 0 Å². The maximum atomic E-state index is 5.79. The summed E-state index contributed by atoms with van der Waals surface area (Å²) in [5.41, 5.74) is 5.79. The molecule has 6 nitrogen and oxygen atoms in total. The zero-order valence-corrected chi connectivity index (χ0v) is 12.2. The molecule has 2 fully saturated rings. The molecule has 20 heavy (non-hydrogen) atoms. The van der Waals surface area contributed by atoms with Crippen molar-refractivity contribution in [3.05, 3.63) is 5.82 Å². The third kappa shape index (κ3) is 3.30. The van der Waals surface area contributed by atoms with Crippen LogP contribution in [0.4, 0.5) is 5.95 Å². The second kappa shape index (κ2) is 6.54. The Morgan fingerprint density at radius 2 is 2.05 bits per heavy atom. The highest BCUT2D eigenvalue weighted by molar-refractivity contribution is 5.29. The van der Waals surface area contributed by atoms with E-state index < -0.39 is 0 Å². The molecule has 0 radical (unpaired) electrons. The molecule has 1 unspecified atom stereocenters. The summed E-state index contributed by atoms with van der Waals surface area (Å²) >= 11 is 0. The molecule has 0 aliphatic carbocycles. The molecular formula is C14H26N6. The lowest BCUT2D eigenvalue weighted by atomic mass is 9.99. The summed E-state index contributed by atoms with van der Waals surface area (Å²) in [4.78, 5) is 9.44. The number of hydrogen-bond acceptors (Lipinski definition) is 5. The number of H-pyrrole nitrogens is 1. The zero-order chi connectivity index (χ0) is 13.8. The normalized spacial score (nSPS) is 24.4. The van der Waals surface area contributed by atoms with Crippen LogP contribution in [0.5, 0.6) is 0 Å². The van der Waals surface area contributed by atoms with E-state index >= 15 is 0 Å². The minimum Gasteiger partial charge on any atom is -0.339 e. The second-order valence-corrected chi connectivity index (χ2v) is 6.07. The number of likely N-dealkylation sites (tertiary alicyclic amines) is 1. The van der Waals surface area contributed by atoms with E-state index in [9.17, 15) is 0 Å². The number of rotatable bonds is 5. The summed E-state index contributed by atoms with van der Waals surface area (Å²) in [6.07, 6.45) is 6.09. The fraction of sp³-hybridized carbons (Fsp3) is 0.857. The molecule has 2 aliphatic heterocycles. The largest absolute Gasteiger partial charge is 0.339 e. The van der Waals surface area contributed by atoms with Gasteiger partial charge in [0.1, 0.15) is 5.82 Å². The van der Waals surface area contributed by atoms with Crippen molar-refractivity contribution in [2.75, 3.05) is 44.2 Å². The van der Waals surface area contributed by atoms with Crippen LogP contribution in [-0.4, -0.2) is 59.3 Å². The van der Waals surface area contributed by atoms with Crippen molar-refractivity contribution in [3.63, 3.8) is 0 Å². The van der Waals surface area contributed by atoms with E-state index in [4.69, 9.17) is 5.73 Å².